The Morgan fingerprint density at radius 2 is 1.85 bits per heavy atom. The van der Waals surface area contributed by atoms with Gasteiger partial charge in [-0.2, -0.15) is 0 Å². The SMILES string of the molecule is CC(=O)Sc1cc(O)c(O)cc1C. The topological polar surface area (TPSA) is 57.5 Å². The average molecular weight is 198 g/mol. The Balaban J connectivity index is 3.08. The number of phenolic OH excluding ortho intramolecular Hbond substituents is 2. The Morgan fingerprint density at radius 1 is 1.31 bits per heavy atom. The molecule has 3 nitrogen and oxygen atoms in total. The summed E-state index contributed by atoms with van der Waals surface area (Å²) in [4.78, 5) is 11.4. The van der Waals surface area contributed by atoms with E-state index in [1.54, 1.807) is 6.92 Å². The van der Waals surface area contributed by atoms with Crippen LogP contribution in [0.1, 0.15) is 12.5 Å². The second-order valence-electron chi connectivity index (χ2n) is 2.70. The first-order valence-corrected chi connectivity index (χ1v) is 4.53. The van der Waals surface area contributed by atoms with E-state index in [0.29, 0.717) is 4.90 Å². The van der Waals surface area contributed by atoms with E-state index in [4.69, 9.17) is 10.2 Å². The lowest BCUT2D eigenvalue weighted by Gasteiger charge is -2.04. The third kappa shape index (κ3) is 2.39. The highest BCUT2D eigenvalue weighted by molar-refractivity contribution is 8.13. The number of carbonyl (C=O) groups excluding carboxylic acids is 1. The molecule has 0 heterocycles. The summed E-state index contributed by atoms with van der Waals surface area (Å²) in [5.41, 5.74) is 0.774. The minimum atomic E-state index is -0.200. The number of hydrogen-bond acceptors (Lipinski definition) is 4. The molecule has 0 bridgehead atoms. The van der Waals surface area contributed by atoms with Gasteiger partial charge in [-0.1, -0.05) is 11.8 Å². The van der Waals surface area contributed by atoms with Gasteiger partial charge < -0.3 is 10.2 Å². The van der Waals surface area contributed by atoms with Crippen LogP contribution in [-0.4, -0.2) is 15.3 Å². The molecule has 0 saturated heterocycles. The van der Waals surface area contributed by atoms with Gasteiger partial charge in [0.1, 0.15) is 0 Å². The van der Waals surface area contributed by atoms with E-state index in [2.05, 4.69) is 0 Å². The smallest absolute Gasteiger partial charge is 0.190 e. The summed E-state index contributed by atoms with van der Waals surface area (Å²) in [6, 6.07) is 2.82. The molecular formula is C9H10O3S. The molecule has 1 aromatic rings. The molecule has 0 aliphatic heterocycles. The summed E-state index contributed by atoms with van der Waals surface area (Å²) in [6.07, 6.45) is 0. The van der Waals surface area contributed by atoms with Gasteiger partial charge in [0, 0.05) is 11.8 Å². The summed E-state index contributed by atoms with van der Waals surface area (Å²) >= 11 is 1.04. The van der Waals surface area contributed by atoms with E-state index in [0.717, 1.165) is 17.3 Å². The van der Waals surface area contributed by atoms with E-state index in [9.17, 15) is 4.79 Å². The molecule has 0 fully saturated rings. The van der Waals surface area contributed by atoms with Crippen molar-refractivity contribution in [3.63, 3.8) is 0 Å². The van der Waals surface area contributed by atoms with E-state index in [1.165, 1.54) is 19.1 Å². The quantitative estimate of drug-likeness (QED) is 0.535. The summed E-state index contributed by atoms with van der Waals surface area (Å²) in [6.45, 7) is 3.22. The molecule has 0 aromatic heterocycles. The Hall–Kier alpha value is -1.16. The van der Waals surface area contributed by atoms with E-state index < -0.39 is 0 Å². The molecule has 0 atom stereocenters. The molecule has 0 aliphatic carbocycles. The highest BCUT2D eigenvalue weighted by Crippen LogP contribution is 2.33. The van der Waals surface area contributed by atoms with E-state index in [-0.39, 0.29) is 16.6 Å². The Kier molecular flexibility index (Phi) is 2.83. The summed E-state index contributed by atoms with van der Waals surface area (Å²) in [5.74, 6) is -0.361. The number of thioether (sulfide) groups is 1. The van der Waals surface area contributed by atoms with Crippen LogP contribution in [0, 0.1) is 6.92 Å². The van der Waals surface area contributed by atoms with Crippen molar-refractivity contribution in [3.8, 4) is 11.5 Å². The van der Waals surface area contributed by atoms with Gasteiger partial charge in [-0.3, -0.25) is 4.79 Å². The van der Waals surface area contributed by atoms with Crippen LogP contribution in [0.2, 0.25) is 0 Å². The van der Waals surface area contributed by atoms with Crippen LogP contribution in [0.15, 0.2) is 17.0 Å². The molecule has 0 spiro atoms. The van der Waals surface area contributed by atoms with Crippen molar-refractivity contribution in [3.05, 3.63) is 17.7 Å². The Bertz CT molecular complexity index is 347. The second kappa shape index (κ2) is 3.70. The first kappa shape index (κ1) is 9.92. The van der Waals surface area contributed by atoms with Crippen LogP contribution in [0.4, 0.5) is 0 Å². The zero-order chi connectivity index (χ0) is 10.0. The number of aryl methyl sites for hydroxylation is 1. The maximum Gasteiger partial charge on any atom is 0.190 e. The number of phenols is 2. The summed E-state index contributed by atoms with van der Waals surface area (Å²) in [7, 11) is 0. The molecule has 0 saturated carbocycles. The molecule has 1 aromatic carbocycles. The van der Waals surface area contributed by atoms with E-state index >= 15 is 0 Å². The van der Waals surface area contributed by atoms with Gasteiger partial charge in [0.25, 0.3) is 0 Å². The van der Waals surface area contributed by atoms with Crippen molar-refractivity contribution < 1.29 is 15.0 Å². The molecule has 0 radical (unpaired) electrons. The molecule has 0 aliphatic rings. The second-order valence-corrected chi connectivity index (χ2v) is 3.92. The molecule has 4 heteroatoms. The van der Waals surface area contributed by atoms with Gasteiger partial charge in [0.05, 0.1) is 0 Å². The number of aromatic hydroxyl groups is 2. The van der Waals surface area contributed by atoms with Gasteiger partial charge in [-0.15, -0.1) is 0 Å². The van der Waals surface area contributed by atoms with Crippen LogP contribution in [0.3, 0.4) is 0 Å². The van der Waals surface area contributed by atoms with E-state index in [1.807, 2.05) is 0 Å². The normalized spacial score (nSPS) is 10.0. The third-order valence-corrected chi connectivity index (χ3v) is 2.47. The van der Waals surface area contributed by atoms with Gasteiger partial charge in [-0.05, 0) is 24.6 Å². The van der Waals surface area contributed by atoms with Crippen molar-refractivity contribution in [1.29, 1.82) is 0 Å². The molecule has 70 valence electrons. The zero-order valence-corrected chi connectivity index (χ0v) is 8.18. The van der Waals surface area contributed by atoms with Crippen molar-refractivity contribution in [2.24, 2.45) is 0 Å². The predicted octanol–water partition coefficient (Wildman–Crippen LogP) is 2.04. The van der Waals surface area contributed by atoms with Gasteiger partial charge in [-0.25, -0.2) is 0 Å². The van der Waals surface area contributed by atoms with Crippen LogP contribution < -0.4 is 0 Å². The predicted molar refractivity (Wildman–Crippen MR) is 51.0 cm³/mol. The maximum absolute atomic E-state index is 10.8. The molecule has 0 amide bonds. The molecular weight excluding hydrogens is 188 g/mol. The minimum Gasteiger partial charge on any atom is -0.504 e. The first-order chi connectivity index (χ1) is 6.00. The fourth-order valence-electron chi connectivity index (χ4n) is 0.927. The van der Waals surface area contributed by atoms with Crippen LogP contribution in [-0.2, 0) is 4.79 Å². The van der Waals surface area contributed by atoms with Gasteiger partial charge >= 0.3 is 0 Å². The standard InChI is InChI=1S/C9H10O3S/c1-5-3-7(11)8(12)4-9(5)13-6(2)10/h3-4,11-12H,1-2H3. The van der Waals surface area contributed by atoms with Gasteiger partial charge in [0.2, 0.25) is 0 Å². The molecule has 13 heavy (non-hydrogen) atoms. The fourth-order valence-corrected chi connectivity index (χ4v) is 1.63. The number of hydrogen-bond donors (Lipinski definition) is 2. The molecule has 0 unspecified atom stereocenters. The highest BCUT2D eigenvalue weighted by Gasteiger charge is 2.07. The zero-order valence-electron chi connectivity index (χ0n) is 7.37. The van der Waals surface area contributed by atoms with Crippen LogP contribution >= 0.6 is 11.8 Å². The molecule has 1 rings (SSSR count). The monoisotopic (exact) mass is 198 g/mol. The van der Waals surface area contributed by atoms with Crippen LogP contribution in [0.5, 0.6) is 11.5 Å². The van der Waals surface area contributed by atoms with Gasteiger partial charge in [0.15, 0.2) is 16.6 Å². The lowest BCUT2D eigenvalue weighted by molar-refractivity contribution is -0.109. The lowest BCUT2D eigenvalue weighted by atomic mass is 10.2. The first-order valence-electron chi connectivity index (χ1n) is 3.71. The lowest BCUT2D eigenvalue weighted by Crippen LogP contribution is -1.85. The van der Waals surface area contributed by atoms with Crippen LogP contribution in [0.25, 0.3) is 0 Å². The fraction of sp³-hybridized carbons (Fsp3) is 0.222. The summed E-state index contributed by atoms with van der Waals surface area (Å²) < 4.78 is 0. The Labute approximate surface area is 80.4 Å². The average Bonchev–Trinajstić information content (AvgIpc) is 1.99. The minimum absolute atomic E-state index is 0.0480. The number of rotatable bonds is 1. The summed E-state index contributed by atoms with van der Waals surface area (Å²) in [5, 5.41) is 18.2. The Morgan fingerprint density at radius 3 is 2.38 bits per heavy atom. The molecule has 2 N–H and O–H groups in total. The largest absolute Gasteiger partial charge is 0.504 e. The number of carbonyl (C=O) groups is 1. The van der Waals surface area contributed by atoms with Crippen molar-refractivity contribution >= 4 is 16.9 Å². The maximum atomic E-state index is 10.8. The van der Waals surface area contributed by atoms with Crippen molar-refractivity contribution in [2.45, 2.75) is 18.7 Å². The third-order valence-electron chi connectivity index (χ3n) is 1.53. The number of benzene rings is 1. The van der Waals surface area contributed by atoms with Crippen molar-refractivity contribution in [1.82, 2.24) is 0 Å². The highest BCUT2D eigenvalue weighted by atomic mass is 32.2. The van der Waals surface area contributed by atoms with Crippen molar-refractivity contribution in [2.75, 3.05) is 0 Å².